The first-order valence-corrected chi connectivity index (χ1v) is 3.79. The molecule has 0 radical (unpaired) electrons. The summed E-state index contributed by atoms with van der Waals surface area (Å²) in [6, 6.07) is 0. The van der Waals surface area contributed by atoms with Crippen LogP contribution in [0.1, 0.15) is 19.8 Å². The van der Waals surface area contributed by atoms with Gasteiger partial charge in [-0.1, -0.05) is 19.9 Å². The molecule has 0 rings (SSSR count). The van der Waals surface area contributed by atoms with Gasteiger partial charge in [-0.3, -0.25) is 4.79 Å². The van der Waals surface area contributed by atoms with Crippen molar-refractivity contribution in [1.82, 2.24) is 5.32 Å². The Morgan fingerprint density at radius 2 is 2.30 bits per heavy atom. The molecule has 0 unspecified atom stereocenters. The SMILES string of the molecule is C=C(S)C(=O)NCCCC. The lowest BCUT2D eigenvalue weighted by molar-refractivity contribution is -0.116. The van der Waals surface area contributed by atoms with Crippen LogP contribution in [0.5, 0.6) is 0 Å². The molecule has 0 aromatic rings. The van der Waals surface area contributed by atoms with Crippen molar-refractivity contribution >= 4 is 18.5 Å². The fraction of sp³-hybridized carbons (Fsp3) is 0.571. The van der Waals surface area contributed by atoms with Gasteiger partial charge in [-0.15, -0.1) is 12.6 Å². The highest BCUT2D eigenvalue weighted by Crippen LogP contribution is 1.94. The second kappa shape index (κ2) is 5.35. The van der Waals surface area contributed by atoms with Crippen molar-refractivity contribution in [2.75, 3.05) is 6.54 Å². The fourth-order valence-electron chi connectivity index (χ4n) is 0.481. The van der Waals surface area contributed by atoms with Gasteiger partial charge in [-0.2, -0.15) is 0 Å². The standard InChI is InChI=1S/C7H13NOS/c1-3-4-5-8-7(9)6(2)10/h10H,2-5H2,1H3,(H,8,9). The van der Waals surface area contributed by atoms with Gasteiger partial charge in [0.05, 0.1) is 4.91 Å². The molecular formula is C7H13NOS. The minimum Gasteiger partial charge on any atom is -0.352 e. The Kier molecular flexibility index (Phi) is 5.12. The molecule has 0 aliphatic carbocycles. The van der Waals surface area contributed by atoms with Crippen LogP contribution >= 0.6 is 12.6 Å². The molecule has 0 spiro atoms. The first-order chi connectivity index (χ1) is 4.68. The van der Waals surface area contributed by atoms with E-state index in [1.807, 2.05) is 0 Å². The van der Waals surface area contributed by atoms with Crippen LogP contribution in [0, 0.1) is 0 Å². The van der Waals surface area contributed by atoms with Gasteiger partial charge in [0.1, 0.15) is 0 Å². The number of thiol groups is 1. The summed E-state index contributed by atoms with van der Waals surface area (Å²) in [7, 11) is 0. The van der Waals surface area contributed by atoms with Gasteiger partial charge in [0.25, 0.3) is 5.91 Å². The molecule has 58 valence electrons. The number of rotatable bonds is 4. The van der Waals surface area contributed by atoms with Crippen LogP contribution in [0.15, 0.2) is 11.5 Å². The molecule has 0 aromatic carbocycles. The highest BCUT2D eigenvalue weighted by Gasteiger charge is 1.98. The van der Waals surface area contributed by atoms with E-state index in [0.29, 0.717) is 0 Å². The molecule has 1 N–H and O–H groups in total. The summed E-state index contributed by atoms with van der Waals surface area (Å²) in [6.07, 6.45) is 2.09. The van der Waals surface area contributed by atoms with Crippen LogP contribution in [0.2, 0.25) is 0 Å². The fourth-order valence-corrected chi connectivity index (χ4v) is 0.560. The number of unbranched alkanes of at least 4 members (excludes halogenated alkanes) is 1. The average Bonchev–Trinajstić information content (AvgIpc) is 1.88. The van der Waals surface area contributed by atoms with Crippen molar-refractivity contribution < 1.29 is 4.79 Å². The van der Waals surface area contributed by atoms with Crippen LogP contribution in [0.3, 0.4) is 0 Å². The van der Waals surface area contributed by atoms with Gasteiger partial charge in [0.15, 0.2) is 0 Å². The van der Waals surface area contributed by atoms with E-state index in [4.69, 9.17) is 0 Å². The maximum absolute atomic E-state index is 10.7. The first-order valence-electron chi connectivity index (χ1n) is 3.34. The van der Waals surface area contributed by atoms with Gasteiger partial charge in [-0.05, 0) is 6.42 Å². The molecule has 0 saturated heterocycles. The molecule has 3 heteroatoms. The van der Waals surface area contributed by atoms with E-state index in [2.05, 4.69) is 31.4 Å². The molecule has 1 amide bonds. The van der Waals surface area contributed by atoms with Crippen LogP contribution in [-0.4, -0.2) is 12.5 Å². The van der Waals surface area contributed by atoms with Crippen molar-refractivity contribution in [3.63, 3.8) is 0 Å². The van der Waals surface area contributed by atoms with Crippen molar-refractivity contribution in [2.24, 2.45) is 0 Å². The Labute approximate surface area is 67.1 Å². The zero-order chi connectivity index (χ0) is 7.98. The number of carbonyl (C=O) groups excluding carboxylic acids is 1. The van der Waals surface area contributed by atoms with Gasteiger partial charge in [-0.25, -0.2) is 0 Å². The van der Waals surface area contributed by atoms with Crippen LogP contribution < -0.4 is 5.32 Å². The Morgan fingerprint density at radius 1 is 1.70 bits per heavy atom. The van der Waals surface area contributed by atoms with E-state index in [9.17, 15) is 4.79 Å². The predicted octanol–water partition coefficient (Wildman–Crippen LogP) is 1.35. The summed E-state index contributed by atoms with van der Waals surface area (Å²) in [5.41, 5.74) is 0. The first kappa shape index (κ1) is 9.56. The average molecular weight is 159 g/mol. The maximum Gasteiger partial charge on any atom is 0.256 e. The Hall–Kier alpha value is -0.440. The summed E-state index contributed by atoms with van der Waals surface area (Å²) in [5, 5.41) is 2.67. The minimum atomic E-state index is -0.170. The van der Waals surface area contributed by atoms with Gasteiger partial charge in [0.2, 0.25) is 0 Å². The van der Waals surface area contributed by atoms with Crippen LogP contribution in [0.25, 0.3) is 0 Å². The monoisotopic (exact) mass is 159 g/mol. The quantitative estimate of drug-likeness (QED) is 0.362. The van der Waals surface area contributed by atoms with Crippen LogP contribution in [0.4, 0.5) is 0 Å². The molecule has 0 fully saturated rings. The van der Waals surface area contributed by atoms with Gasteiger partial charge in [0, 0.05) is 6.54 Å². The highest BCUT2D eigenvalue weighted by atomic mass is 32.1. The van der Waals surface area contributed by atoms with E-state index in [-0.39, 0.29) is 10.8 Å². The smallest absolute Gasteiger partial charge is 0.256 e. The van der Waals surface area contributed by atoms with Crippen molar-refractivity contribution in [2.45, 2.75) is 19.8 Å². The maximum atomic E-state index is 10.7. The number of hydrogen-bond acceptors (Lipinski definition) is 2. The Bertz CT molecular complexity index is 134. The van der Waals surface area contributed by atoms with E-state index < -0.39 is 0 Å². The molecule has 0 bridgehead atoms. The lowest BCUT2D eigenvalue weighted by Gasteiger charge is -2.00. The zero-order valence-corrected chi connectivity index (χ0v) is 7.08. The lowest BCUT2D eigenvalue weighted by atomic mass is 10.3. The van der Waals surface area contributed by atoms with Crippen molar-refractivity contribution in [1.29, 1.82) is 0 Å². The molecule has 2 nitrogen and oxygen atoms in total. The second-order valence-corrected chi connectivity index (χ2v) is 2.60. The summed E-state index contributed by atoms with van der Waals surface area (Å²) in [5.74, 6) is -0.170. The lowest BCUT2D eigenvalue weighted by Crippen LogP contribution is -2.23. The summed E-state index contributed by atoms with van der Waals surface area (Å²) in [4.78, 5) is 11.0. The summed E-state index contributed by atoms with van der Waals surface area (Å²) < 4.78 is 0. The highest BCUT2D eigenvalue weighted by molar-refractivity contribution is 7.85. The molecule has 10 heavy (non-hydrogen) atoms. The van der Waals surface area contributed by atoms with E-state index >= 15 is 0 Å². The van der Waals surface area contributed by atoms with Crippen molar-refractivity contribution in [3.05, 3.63) is 11.5 Å². The molecule has 0 aliphatic heterocycles. The number of nitrogens with one attached hydrogen (secondary N) is 1. The third-order valence-corrected chi connectivity index (χ3v) is 1.28. The molecule has 0 saturated carbocycles. The molecule has 0 aliphatic rings. The summed E-state index contributed by atoms with van der Waals surface area (Å²) in [6.45, 7) is 6.17. The third kappa shape index (κ3) is 4.44. The number of carbonyl (C=O) groups is 1. The van der Waals surface area contributed by atoms with Crippen molar-refractivity contribution in [3.8, 4) is 0 Å². The second-order valence-electron chi connectivity index (χ2n) is 2.06. The molecule has 0 heterocycles. The molecule has 0 atom stereocenters. The topological polar surface area (TPSA) is 29.1 Å². The Balaban J connectivity index is 3.31. The molecular weight excluding hydrogens is 146 g/mol. The number of hydrogen-bond donors (Lipinski definition) is 2. The van der Waals surface area contributed by atoms with E-state index in [0.717, 1.165) is 19.4 Å². The predicted molar refractivity (Wildman–Crippen MR) is 46.0 cm³/mol. The third-order valence-electron chi connectivity index (χ3n) is 1.08. The van der Waals surface area contributed by atoms with E-state index in [1.54, 1.807) is 0 Å². The van der Waals surface area contributed by atoms with Gasteiger partial charge < -0.3 is 5.32 Å². The zero-order valence-electron chi connectivity index (χ0n) is 6.18. The Morgan fingerprint density at radius 3 is 2.70 bits per heavy atom. The van der Waals surface area contributed by atoms with E-state index in [1.165, 1.54) is 0 Å². The van der Waals surface area contributed by atoms with Crippen LogP contribution in [-0.2, 0) is 4.79 Å². The largest absolute Gasteiger partial charge is 0.352 e. The molecule has 0 aromatic heterocycles. The normalized spacial score (nSPS) is 9.00. The number of amides is 1. The minimum absolute atomic E-state index is 0.170. The summed E-state index contributed by atoms with van der Waals surface area (Å²) >= 11 is 3.79. The van der Waals surface area contributed by atoms with Gasteiger partial charge >= 0.3 is 0 Å².